The third-order valence-corrected chi connectivity index (χ3v) is 6.05. The van der Waals surface area contributed by atoms with Gasteiger partial charge in [0, 0.05) is 13.1 Å². The number of nitrogens with two attached hydrogens (primary N) is 1. The predicted molar refractivity (Wildman–Crippen MR) is 78.5 cm³/mol. The van der Waals surface area contributed by atoms with Gasteiger partial charge < -0.3 is 10.3 Å². The third kappa shape index (κ3) is 2.38. The van der Waals surface area contributed by atoms with Gasteiger partial charge in [-0.1, -0.05) is 23.2 Å². The molecule has 1 aromatic heterocycles. The van der Waals surface area contributed by atoms with E-state index in [9.17, 15) is 8.42 Å². The van der Waals surface area contributed by atoms with E-state index in [-0.39, 0.29) is 27.2 Å². The lowest BCUT2D eigenvalue weighted by atomic mass is 10.3. The van der Waals surface area contributed by atoms with Gasteiger partial charge in [-0.05, 0) is 12.1 Å². The average molecular weight is 348 g/mol. The van der Waals surface area contributed by atoms with Crippen molar-refractivity contribution >= 4 is 38.9 Å². The summed E-state index contributed by atoms with van der Waals surface area (Å²) >= 11 is 11.9. The van der Waals surface area contributed by atoms with Crippen molar-refractivity contribution in [3.05, 3.63) is 34.3 Å². The minimum atomic E-state index is -3.77. The van der Waals surface area contributed by atoms with Crippen LogP contribution in [-0.4, -0.2) is 34.0 Å². The molecule has 0 bridgehead atoms. The minimum Gasteiger partial charge on any atom is -0.396 e. The molecule has 10 heteroatoms. The Hall–Kier alpha value is -1.35. The van der Waals surface area contributed by atoms with E-state index in [1.54, 1.807) is 6.33 Å². The average Bonchev–Trinajstić information content (AvgIpc) is 2.92. The number of hydrogen-bond acceptors (Lipinski definition) is 5. The number of anilines is 1. The summed E-state index contributed by atoms with van der Waals surface area (Å²) in [5, 5.41) is 7.82. The summed E-state index contributed by atoms with van der Waals surface area (Å²) < 4.78 is 28.5. The molecule has 3 rings (SSSR count). The number of rotatable bonds is 2. The second-order valence-corrected chi connectivity index (χ2v) is 7.24. The minimum absolute atomic E-state index is 0.0552. The van der Waals surface area contributed by atoms with E-state index < -0.39 is 10.0 Å². The van der Waals surface area contributed by atoms with Crippen molar-refractivity contribution in [2.45, 2.75) is 18.0 Å². The second kappa shape index (κ2) is 5.13. The molecule has 0 radical (unpaired) electrons. The number of nitrogens with zero attached hydrogens (tertiary/aromatic N) is 4. The number of hydrogen-bond donors (Lipinski definition) is 1. The fourth-order valence-electron chi connectivity index (χ4n) is 2.14. The van der Waals surface area contributed by atoms with Gasteiger partial charge in [-0.15, -0.1) is 10.2 Å². The molecule has 2 aromatic rings. The van der Waals surface area contributed by atoms with Crippen LogP contribution in [0.15, 0.2) is 23.4 Å². The molecule has 0 saturated carbocycles. The van der Waals surface area contributed by atoms with Crippen LogP contribution in [0, 0.1) is 0 Å². The van der Waals surface area contributed by atoms with Crippen LogP contribution in [0.25, 0.3) is 0 Å². The zero-order valence-corrected chi connectivity index (χ0v) is 13.0. The van der Waals surface area contributed by atoms with Crippen LogP contribution in [-0.2, 0) is 23.1 Å². The van der Waals surface area contributed by atoms with Gasteiger partial charge >= 0.3 is 0 Å². The van der Waals surface area contributed by atoms with Crippen molar-refractivity contribution < 1.29 is 8.42 Å². The van der Waals surface area contributed by atoms with E-state index in [0.717, 1.165) is 0 Å². The first kappa shape index (κ1) is 14.6. The van der Waals surface area contributed by atoms with Gasteiger partial charge in [0.2, 0.25) is 10.0 Å². The number of aromatic nitrogens is 3. The second-order valence-electron chi connectivity index (χ2n) is 4.55. The standard InChI is InChI=1S/C11H11Cl2N5O2S/c12-7-1-2-8(10(13)11(7)14)21(19,20)18-4-3-17-6-15-16-9(17)5-18/h1-2,6H,3-5,14H2. The molecule has 21 heavy (non-hydrogen) atoms. The SMILES string of the molecule is Nc1c(Cl)ccc(S(=O)(=O)N2CCn3cnnc3C2)c1Cl. The van der Waals surface area contributed by atoms with Gasteiger partial charge in [0.15, 0.2) is 0 Å². The Morgan fingerprint density at radius 2 is 2.00 bits per heavy atom. The van der Waals surface area contributed by atoms with E-state index in [0.29, 0.717) is 18.9 Å². The molecule has 1 aliphatic heterocycles. The summed E-state index contributed by atoms with van der Waals surface area (Å²) in [6, 6.07) is 2.78. The number of nitrogen functional groups attached to an aromatic ring is 1. The maximum absolute atomic E-state index is 12.7. The highest BCUT2D eigenvalue weighted by Crippen LogP contribution is 2.35. The molecule has 1 aromatic carbocycles. The van der Waals surface area contributed by atoms with Crippen LogP contribution >= 0.6 is 23.2 Å². The molecule has 2 heterocycles. The summed E-state index contributed by atoms with van der Waals surface area (Å²) in [7, 11) is -3.77. The molecule has 2 N–H and O–H groups in total. The molecular formula is C11H11Cl2N5O2S. The molecule has 1 aliphatic rings. The van der Waals surface area contributed by atoms with Crippen LogP contribution in [0.3, 0.4) is 0 Å². The highest BCUT2D eigenvalue weighted by atomic mass is 35.5. The zero-order valence-electron chi connectivity index (χ0n) is 10.7. The van der Waals surface area contributed by atoms with Crippen LogP contribution < -0.4 is 5.73 Å². The van der Waals surface area contributed by atoms with Crippen molar-refractivity contribution in [3.8, 4) is 0 Å². The fourth-order valence-corrected chi connectivity index (χ4v) is 4.26. The molecule has 0 saturated heterocycles. The predicted octanol–water partition coefficient (Wildman–Crippen LogP) is 1.37. The number of sulfonamides is 1. The lowest BCUT2D eigenvalue weighted by molar-refractivity contribution is 0.335. The monoisotopic (exact) mass is 347 g/mol. The van der Waals surface area contributed by atoms with E-state index >= 15 is 0 Å². The van der Waals surface area contributed by atoms with Gasteiger partial charge in [-0.25, -0.2) is 8.42 Å². The lowest BCUT2D eigenvalue weighted by Crippen LogP contribution is -2.38. The molecule has 0 atom stereocenters. The van der Waals surface area contributed by atoms with Crippen LogP contribution in [0.2, 0.25) is 10.0 Å². The summed E-state index contributed by atoms with van der Waals surface area (Å²) in [5.74, 6) is 0.586. The molecule has 0 amide bonds. The highest BCUT2D eigenvalue weighted by molar-refractivity contribution is 7.89. The molecule has 112 valence electrons. The normalized spacial score (nSPS) is 15.9. The summed E-state index contributed by atoms with van der Waals surface area (Å²) in [5.41, 5.74) is 5.75. The van der Waals surface area contributed by atoms with Crippen molar-refractivity contribution in [3.63, 3.8) is 0 Å². The van der Waals surface area contributed by atoms with E-state index in [1.807, 2.05) is 4.57 Å². The van der Waals surface area contributed by atoms with E-state index in [2.05, 4.69) is 10.2 Å². The Bertz CT molecular complexity index is 805. The summed E-state index contributed by atoms with van der Waals surface area (Å²) in [6.45, 7) is 0.940. The number of halogens is 2. The zero-order chi connectivity index (χ0) is 15.2. The first-order valence-electron chi connectivity index (χ1n) is 6.01. The van der Waals surface area contributed by atoms with Gasteiger partial charge in [-0.3, -0.25) is 0 Å². The molecule has 0 fully saturated rings. The Balaban J connectivity index is 2.01. The molecular weight excluding hydrogens is 337 g/mol. The van der Waals surface area contributed by atoms with Crippen molar-refractivity contribution in [1.29, 1.82) is 0 Å². The number of fused-ring (bicyclic) bond motifs is 1. The Morgan fingerprint density at radius 3 is 2.76 bits per heavy atom. The largest absolute Gasteiger partial charge is 0.396 e. The maximum atomic E-state index is 12.7. The molecule has 0 spiro atoms. The van der Waals surface area contributed by atoms with Gasteiger partial charge in [0.1, 0.15) is 17.0 Å². The van der Waals surface area contributed by atoms with E-state index in [1.165, 1.54) is 16.4 Å². The van der Waals surface area contributed by atoms with E-state index in [4.69, 9.17) is 28.9 Å². The first-order valence-corrected chi connectivity index (χ1v) is 8.21. The fraction of sp³-hybridized carbons (Fsp3) is 0.273. The van der Waals surface area contributed by atoms with Crippen LogP contribution in [0.1, 0.15) is 5.82 Å². The third-order valence-electron chi connectivity index (χ3n) is 3.31. The quantitative estimate of drug-likeness (QED) is 0.828. The molecule has 0 unspecified atom stereocenters. The van der Waals surface area contributed by atoms with Crippen molar-refractivity contribution in [1.82, 2.24) is 19.1 Å². The Kier molecular flexibility index (Phi) is 3.56. The Labute approximate surface area is 131 Å². The van der Waals surface area contributed by atoms with Crippen molar-refractivity contribution in [2.75, 3.05) is 12.3 Å². The van der Waals surface area contributed by atoms with Gasteiger partial charge in [-0.2, -0.15) is 4.31 Å². The molecule has 0 aliphatic carbocycles. The number of benzene rings is 1. The van der Waals surface area contributed by atoms with Gasteiger partial charge in [0.05, 0.1) is 22.3 Å². The lowest BCUT2D eigenvalue weighted by Gasteiger charge is -2.26. The topological polar surface area (TPSA) is 94.1 Å². The smallest absolute Gasteiger partial charge is 0.245 e. The van der Waals surface area contributed by atoms with Crippen molar-refractivity contribution in [2.24, 2.45) is 0 Å². The summed E-state index contributed by atoms with van der Waals surface area (Å²) in [6.07, 6.45) is 1.58. The van der Waals surface area contributed by atoms with Crippen LogP contribution in [0.4, 0.5) is 5.69 Å². The Morgan fingerprint density at radius 1 is 1.24 bits per heavy atom. The first-order chi connectivity index (χ1) is 9.91. The summed E-state index contributed by atoms with van der Waals surface area (Å²) in [4.78, 5) is -0.0565. The molecule has 7 nitrogen and oxygen atoms in total. The van der Waals surface area contributed by atoms with Crippen LogP contribution in [0.5, 0.6) is 0 Å². The maximum Gasteiger partial charge on any atom is 0.245 e. The van der Waals surface area contributed by atoms with Gasteiger partial charge in [0.25, 0.3) is 0 Å². The highest BCUT2D eigenvalue weighted by Gasteiger charge is 2.31.